The molecule has 2 aliphatic rings. The summed E-state index contributed by atoms with van der Waals surface area (Å²) in [5.41, 5.74) is 0. The van der Waals surface area contributed by atoms with Gasteiger partial charge < -0.3 is 0 Å². The van der Waals surface area contributed by atoms with Crippen molar-refractivity contribution >= 4 is 40.6 Å². The first kappa shape index (κ1) is 8.78. The molecule has 0 amide bonds. The Labute approximate surface area is 83.1 Å². The molecular formula is C6H2Cl3O3. The molecule has 65 valence electrons. The smallest absolute Gasteiger partial charge is 0.247 e. The van der Waals surface area contributed by atoms with Gasteiger partial charge in [0.25, 0.3) is 0 Å². The molecule has 1 heterocycles. The molecule has 0 saturated carbocycles. The van der Waals surface area contributed by atoms with Gasteiger partial charge in [-0.3, -0.25) is 4.79 Å². The number of carbonyl (C=O) groups excluding carboxylic acids is 1. The molecule has 0 aromatic rings. The van der Waals surface area contributed by atoms with Crippen molar-refractivity contribution in [2.75, 3.05) is 0 Å². The van der Waals surface area contributed by atoms with Crippen molar-refractivity contribution in [3.8, 4) is 0 Å². The lowest BCUT2D eigenvalue weighted by atomic mass is 10.0. The minimum atomic E-state index is -1.66. The van der Waals surface area contributed by atoms with E-state index in [0.29, 0.717) is 0 Å². The van der Waals surface area contributed by atoms with Crippen LogP contribution in [0.3, 0.4) is 0 Å². The van der Waals surface area contributed by atoms with E-state index in [1.165, 1.54) is 12.5 Å². The minimum absolute atomic E-state index is 0.0833. The molecule has 0 N–H and O–H groups in total. The van der Waals surface area contributed by atoms with Crippen LogP contribution < -0.4 is 0 Å². The molecule has 2 rings (SSSR count). The summed E-state index contributed by atoms with van der Waals surface area (Å²) in [7, 11) is 0. The van der Waals surface area contributed by atoms with E-state index in [4.69, 9.17) is 34.8 Å². The van der Waals surface area contributed by atoms with E-state index in [2.05, 4.69) is 9.78 Å². The Morgan fingerprint density at radius 2 is 2.00 bits per heavy atom. The maximum atomic E-state index is 11.2. The van der Waals surface area contributed by atoms with Crippen LogP contribution in [0.2, 0.25) is 0 Å². The van der Waals surface area contributed by atoms with Crippen molar-refractivity contribution < 1.29 is 14.6 Å². The molecule has 1 saturated heterocycles. The predicted molar refractivity (Wildman–Crippen MR) is 42.6 cm³/mol. The van der Waals surface area contributed by atoms with E-state index in [1.54, 1.807) is 0 Å². The zero-order valence-corrected chi connectivity index (χ0v) is 7.78. The van der Waals surface area contributed by atoms with Crippen molar-refractivity contribution in [1.82, 2.24) is 0 Å². The van der Waals surface area contributed by atoms with Crippen LogP contribution in [0, 0.1) is 6.42 Å². The van der Waals surface area contributed by atoms with Gasteiger partial charge in [0, 0.05) is 0 Å². The highest BCUT2D eigenvalue weighted by Crippen LogP contribution is 2.48. The van der Waals surface area contributed by atoms with Crippen LogP contribution in [0.25, 0.3) is 0 Å². The standard InChI is InChI=1S/C6H2Cl3O3/c7-3-1-5(8)2-6(9,4(3)10)12-11-5/h1-2H. The topological polar surface area (TPSA) is 35.5 Å². The van der Waals surface area contributed by atoms with Crippen LogP contribution >= 0.6 is 34.8 Å². The van der Waals surface area contributed by atoms with Gasteiger partial charge in [-0.2, -0.15) is 0 Å². The summed E-state index contributed by atoms with van der Waals surface area (Å²) in [6.07, 6.45) is 2.46. The number of halogens is 3. The molecular weight excluding hydrogens is 226 g/mol. The lowest BCUT2D eigenvalue weighted by molar-refractivity contribution is -0.299. The van der Waals surface area contributed by atoms with Crippen LogP contribution in [0.1, 0.15) is 0 Å². The lowest BCUT2D eigenvalue weighted by Crippen LogP contribution is -2.37. The van der Waals surface area contributed by atoms with Gasteiger partial charge in [0.05, 0.1) is 11.5 Å². The van der Waals surface area contributed by atoms with Gasteiger partial charge in [-0.25, -0.2) is 9.78 Å². The number of ketones is 1. The Morgan fingerprint density at radius 3 is 2.67 bits per heavy atom. The van der Waals surface area contributed by atoms with Gasteiger partial charge in [-0.1, -0.05) is 34.8 Å². The summed E-state index contributed by atoms with van der Waals surface area (Å²) < 4.78 is 0. The monoisotopic (exact) mass is 227 g/mol. The molecule has 1 aliphatic heterocycles. The molecule has 1 fully saturated rings. The van der Waals surface area contributed by atoms with E-state index in [9.17, 15) is 4.79 Å². The summed E-state index contributed by atoms with van der Waals surface area (Å²) in [6.45, 7) is 0. The first-order chi connectivity index (χ1) is 5.45. The number of hydrogen-bond acceptors (Lipinski definition) is 3. The molecule has 0 aromatic heterocycles. The molecule has 3 nitrogen and oxygen atoms in total. The summed E-state index contributed by atoms with van der Waals surface area (Å²) in [5.74, 6) is -0.570. The fraction of sp³-hybridized carbons (Fsp3) is 0.333. The zero-order chi connectivity index (χ0) is 8.98. The number of fused-ring (bicyclic) bond motifs is 2. The second-order valence-corrected chi connectivity index (χ2v) is 4.03. The Morgan fingerprint density at radius 1 is 1.33 bits per heavy atom. The molecule has 1 aliphatic carbocycles. The molecule has 1 radical (unpaired) electrons. The summed E-state index contributed by atoms with van der Waals surface area (Å²) >= 11 is 17.0. The van der Waals surface area contributed by atoms with Crippen molar-refractivity contribution in [2.24, 2.45) is 0 Å². The van der Waals surface area contributed by atoms with Crippen LogP contribution in [-0.4, -0.2) is 15.9 Å². The summed E-state index contributed by atoms with van der Waals surface area (Å²) in [4.78, 5) is 20.4. The Balaban J connectivity index is 2.49. The van der Waals surface area contributed by atoms with Crippen LogP contribution in [0.15, 0.2) is 11.1 Å². The highest BCUT2D eigenvalue weighted by atomic mass is 35.5. The second kappa shape index (κ2) is 2.36. The van der Waals surface area contributed by atoms with E-state index < -0.39 is 15.9 Å². The summed E-state index contributed by atoms with van der Waals surface area (Å²) in [6, 6.07) is 0. The fourth-order valence-electron chi connectivity index (χ4n) is 0.996. The van der Waals surface area contributed by atoms with Crippen molar-refractivity contribution in [2.45, 2.75) is 10.1 Å². The summed E-state index contributed by atoms with van der Waals surface area (Å²) in [5, 5.41) is -3.06. The quantitative estimate of drug-likeness (QED) is 0.468. The first-order valence-corrected chi connectivity index (χ1v) is 4.13. The van der Waals surface area contributed by atoms with Crippen molar-refractivity contribution in [1.29, 1.82) is 0 Å². The molecule has 12 heavy (non-hydrogen) atoms. The van der Waals surface area contributed by atoms with Crippen LogP contribution in [0.4, 0.5) is 0 Å². The van der Waals surface area contributed by atoms with Crippen LogP contribution in [-0.2, 0) is 14.6 Å². The fourth-order valence-corrected chi connectivity index (χ4v) is 2.05. The zero-order valence-electron chi connectivity index (χ0n) is 5.51. The average Bonchev–Trinajstić information content (AvgIpc) is 2.22. The van der Waals surface area contributed by atoms with E-state index >= 15 is 0 Å². The van der Waals surface area contributed by atoms with Crippen molar-refractivity contribution in [3.05, 3.63) is 17.5 Å². The normalized spacial score (nSPS) is 46.2. The largest absolute Gasteiger partial charge is 0.288 e. The number of Topliss-reactive ketones (excluding diaryl/α,β-unsaturated/α-hetero) is 1. The average molecular weight is 228 g/mol. The predicted octanol–water partition coefficient (Wildman–Crippen LogP) is 1.73. The molecule has 2 unspecified atom stereocenters. The Kier molecular flexibility index (Phi) is 1.73. The number of rotatable bonds is 0. The number of carbonyl (C=O) groups is 1. The Bertz CT molecular complexity index is 290. The van der Waals surface area contributed by atoms with Gasteiger partial charge in [0.15, 0.2) is 0 Å². The third kappa shape index (κ3) is 1.09. The molecule has 2 atom stereocenters. The van der Waals surface area contributed by atoms with Gasteiger partial charge >= 0.3 is 0 Å². The highest BCUT2D eigenvalue weighted by molar-refractivity contribution is 6.52. The van der Waals surface area contributed by atoms with Gasteiger partial charge in [0.1, 0.15) is 0 Å². The van der Waals surface area contributed by atoms with Crippen molar-refractivity contribution in [3.63, 3.8) is 0 Å². The maximum Gasteiger partial charge on any atom is 0.247 e. The SMILES string of the molecule is O=C1C(Cl)=CC2(Cl)[CH]C1(Cl)OO2. The Hall–Kier alpha value is 0.200. The highest BCUT2D eigenvalue weighted by Gasteiger charge is 2.58. The van der Waals surface area contributed by atoms with Crippen LogP contribution in [0.5, 0.6) is 0 Å². The van der Waals surface area contributed by atoms with E-state index in [1.807, 2.05) is 0 Å². The third-order valence-electron chi connectivity index (χ3n) is 1.52. The van der Waals surface area contributed by atoms with Gasteiger partial charge in [-0.05, 0) is 6.08 Å². The lowest BCUT2D eigenvalue weighted by Gasteiger charge is -2.20. The minimum Gasteiger partial charge on any atom is -0.288 e. The second-order valence-electron chi connectivity index (χ2n) is 2.48. The van der Waals surface area contributed by atoms with E-state index in [-0.39, 0.29) is 5.03 Å². The maximum absolute atomic E-state index is 11.2. The number of alkyl halides is 2. The van der Waals surface area contributed by atoms with Gasteiger partial charge in [-0.15, -0.1) is 0 Å². The molecule has 0 spiro atoms. The van der Waals surface area contributed by atoms with Gasteiger partial charge in [0.2, 0.25) is 15.9 Å². The molecule has 6 heteroatoms. The third-order valence-corrected chi connectivity index (χ3v) is 2.43. The first-order valence-electron chi connectivity index (χ1n) is 3.00. The number of hydrogen-bond donors (Lipinski definition) is 0. The molecule has 0 aromatic carbocycles. The van der Waals surface area contributed by atoms with E-state index in [0.717, 1.165) is 0 Å². The molecule has 2 bridgehead atoms.